The summed E-state index contributed by atoms with van der Waals surface area (Å²) < 4.78 is 0. The monoisotopic (exact) mass is 205 g/mol. The van der Waals surface area contributed by atoms with Crippen LogP contribution in [0.1, 0.15) is 5.56 Å². The largest absolute Gasteiger partial charge is 0.319 e. The van der Waals surface area contributed by atoms with Gasteiger partial charge in [-0.1, -0.05) is 11.6 Å². The molecule has 0 aliphatic rings. The Bertz CT molecular complexity index is 597. The van der Waals surface area contributed by atoms with Crippen molar-refractivity contribution in [3.8, 4) is 6.07 Å². The molecule has 5 heteroatoms. The quantitative estimate of drug-likeness (QED) is 0.708. The van der Waals surface area contributed by atoms with E-state index in [1.807, 2.05) is 6.07 Å². The van der Waals surface area contributed by atoms with Gasteiger partial charge >= 0.3 is 0 Å². The molecule has 0 aliphatic heterocycles. The lowest BCUT2D eigenvalue weighted by Gasteiger charge is -1.98. The number of nitrogens with one attached hydrogen (secondary N) is 1. The van der Waals surface area contributed by atoms with Crippen LogP contribution < -0.4 is 5.56 Å². The minimum absolute atomic E-state index is 0.302. The highest BCUT2D eigenvalue weighted by Crippen LogP contribution is 2.19. The highest BCUT2D eigenvalue weighted by atomic mass is 35.5. The average molecular weight is 206 g/mol. The van der Waals surface area contributed by atoms with Crippen LogP contribution in [0.2, 0.25) is 5.02 Å². The normalized spacial score (nSPS) is 10.0. The third kappa shape index (κ3) is 1.34. The summed E-state index contributed by atoms with van der Waals surface area (Å²) in [5, 5.41) is 9.03. The Morgan fingerprint density at radius 2 is 2.29 bits per heavy atom. The van der Waals surface area contributed by atoms with Crippen LogP contribution in [-0.4, -0.2) is 9.97 Å². The van der Waals surface area contributed by atoms with Gasteiger partial charge in [0.25, 0.3) is 5.56 Å². The summed E-state index contributed by atoms with van der Waals surface area (Å²) in [7, 11) is 0. The zero-order valence-corrected chi connectivity index (χ0v) is 7.67. The summed E-state index contributed by atoms with van der Waals surface area (Å²) in [4.78, 5) is 17.4. The summed E-state index contributed by atoms with van der Waals surface area (Å²) in [5.74, 6) is 0. The molecule has 1 aromatic heterocycles. The number of H-pyrrole nitrogens is 1. The van der Waals surface area contributed by atoms with E-state index < -0.39 is 0 Å². The lowest BCUT2D eigenvalue weighted by molar-refractivity contribution is 1.22. The van der Waals surface area contributed by atoms with Crippen LogP contribution in [0.15, 0.2) is 23.1 Å². The molecule has 0 saturated carbocycles. The van der Waals surface area contributed by atoms with Crippen molar-refractivity contribution < 1.29 is 0 Å². The SMILES string of the molecule is N#Cc1cc2[nH]c(=O)cnc2cc1Cl. The Hall–Kier alpha value is -1.86. The summed E-state index contributed by atoms with van der Waals surface area (Å²) >= 11 is 5.79. The number of rotatable bonds is 0. The lowest BCUT2D eigenvalue weighted by Crippen LogP contribution is -2.04. The fourth-order valence-corrected chi connectivity index (χ4v) is 1.35. The Morgan fingerprint density at radius 3 is 3.00 bits per heavy atom. The van der Waals surface area contributed by atoms with Crippen molar-refractivity contribution in [2.24, 2.45) is 0 Å². The fourth-order valence-electron chi connectivity index (χ4n) is 1.15. The van der Waals surface area contributed by atoms with Crippen molar-refractivity contribution in [3.63, 3.8) is 0 Å². The van der Waals surface area contributed by atoms with Gasteiger partial charge < -0.3 is 4.98 Å². The van der Waals surface area contributed by atoms with Crippen LogP contribution in [0.3, 0.4) is 0 Å². The minimum atomic E-state index is -0.302. The maximum Gasteiger partial charge on any atom is 0.266 e. The van der Waals surface area contributed by atoms with Crippen LogP contribution in [-0.2, 0) is 0 Å². The third-order valence-corrected chi connectivity index (χ3v) is 2.10. The molecule has 4 nitrogen and oxygen atoms in total. The van der Waals surface area contributed by atoms with E-state index in [-0.39, 0.29) is 5.56 Å². The van der Waals surface area contributed by atoms with Crippen molar-refractivity contribution in [1.29, 1.82) is 5.26 Å². The predicted octanol–water partition coefficient (Wildman–Crippen LogP) is 1.45. The zero-order chi connectivity index (χ0) is 10.1. The van der Waals surface area contributed by atoms with Gasteiger partial charge in [-0.05, 0) is 12.1 Å². The second-order valence-corrected chi connectivity index (χ2v) is 3.12. The van der Waals surface area contributed by atoms with Crippen LogP contribution >= 0.6 is 11.6 Å². The van der Waals surface area contributed by atoms with Gasteiger partial charge in [0.05, 0.1) is 27.8 Å². The summed E-state index contributed by atoms with van der Waals surface area (Å²) in [5.41, 5.74) is 1.10. The smallest absolute Gasteiger partial charge is 0.266 e. The number of hydrogen-bond acceptors (Lipinski definition) is 3. The summed E-state index contributed by atoms with van der Waals surface area (Å²) in [6.07, 6.45) is 1.17. The van der Waals surface area contributed by atoms with Gasteiger partial charge in [0.2, 0.25) is 0 Å². The van der Waals surface area contributed by atoms with Crippen LogP contribution in [0.25, 0.3) is 11.0 Å². The van der Waals surface area contributed by atoms with Gasteiger partial charge in [-0.2, -0.15) is 5.26 Å². The number of fused-ring (bicyclic) bond motifs is 1. The van der Waals surface area contributed by atoms with E-state index in [9.17, 15) is 4.79 Å². The van der Waals surface area contributed by atoms with E-state index in [4.69, 9.17) is 16.9 Å². The molecule has 2 rings (SSSR count). The molecule has 0 spiro atoms. The van der Waals surface area contributed by atoms with E-state index in [2.05, 4.69) is 9.97 Å². The maximum atomic E-state index is 10.9. The number of nitrogens with zero attached hydrogens (tertiary/aromatic N) is 2. The van der Waals surface area contributed by atoms with Gasteiger partial charge in [0.15, 0.2) is 0 Å². The lowest BCUT2D eigenvalue weighted by atomic mass is 10.2. The van der Waals surface area contributed by atoms with Crippen molar-refractivity contribution in [2.45, 2.75) is 0 Å². The molecule has 1 heterocycles. The molecule has 0 fully saturated rings. The number of nitriles is 1. The molecule has 1 N–H and O–H groups in total. The average Bonchev–Trinajstić information content (AvgIpc) is 2.17. The number of hydrogen-bond donors (Lipinski definition) is 1. The Balaban J connectivity index is 2.88. The molecule has 1 aromatic carbocycles. The van der Waals surface area contributed by atoms with Crippen molar-refractivity contribution in [1.82, 2.24) is 9.97 Å². The standard InChI is InChI=1S/C9H4ClN3O/c10-6-2-7-8(1-5(6)3-11)13-9(14)4-12-7/h1-2,4H,(H,13,14). The molecule has 0 amide bonds. The number of aromatic nitrogens is 2. The van der Waals surface area contributed by atoms with Gasteiger partial charge in [-0.3, -0.25) is 4.79 Å². The molecular formula is C9H4ClN3O. The molecule has 0 saturated heterocycles. The molecule has 0 radical (unpaired) electrons. The molecular weight excluding hydrogens is 202 g/mol. The molecule has 14 heavy (non-hydrogen) atoms. The molecule has 0 unspecified atom stereocenters. The van der Waals surface area contributed by atoms with Gasteiger partial charge in [0, 0.05) is 0 Å². The third-order valence-electron chi connectivity index (χ3n) is 1.78. The van der Waals surface area contributed by atoms with Crippen molar-refractivity contribution in [2.75, 3.05) is 0 Å². The summed E-state index contributed by atoms with van der Waals surface area (Å²) in [6, 6.07) is 4.98. The number of aromatic amines is 1. The first-order valence-corrected chi connectivity index (χ1v) is 4.17. The zero-order valence-electron chi connectivity index (χ0n) is 6.91. The van der Waals surface area contributed by atoms with E-state index in [0.717, 1.165) is 0 Å². The Kier molecular flexibility index (Phi) is 1.95. The first-order chi connectivity index (χ1) is 6.70. The minimum Gasteiger partial charge on any atom is -0.319 e. The summed E-state index contributed by atoms with van der Waals surface area (Å²) in [6.45, 7) is 0. The van der Waals surface area contributed by atoms with Crippen LogP contribution in [0.5, 0.6) is 0 Å². The van der Waals surface area contributed by atoms with E-state index in [1.165, 1.54) is 12.3 Å². The highest BCUT2D eigenvalue weighted by molar-refractivity contribution is 6.32. The fraction of sp³-hybridized carbons (Fsp3) is 0. The molecule has 2 aromatic rings. The van der Waals surface area contributed by atoms with E-state index in [1.54, 1.807) is 6.07 Å². The van der Waals surface area contributed by atoms with E-state index in [0.29, 0.717) is 21.6 Å². The van der Waals surface area contributed by atoms with Crippen LogP contribution in [0, 0.1) is 11.3 Å². The molecule has 0 bridgehead atoms. The van der Waals surface area contributed by atoms with E-state index >= 15 is 0 Å². The van der Waals surface area contributed by atoms with Gasteiger partial charge in [0.1, 0.15) is 6.07 Å². The van der Waals surface area contributed by atoms with Gasteiger partial charge in [-0.25, -0.2) is 4.98 Å². The molecule has 0 atom stereocenters. The molecule has 0 aliphatic carbocycles. The van der Waals surface area contributed by atoms with Crippen molar-refractivity contribution in [3.05, 3.63) is 39.3 Å². The number of halogens is 1. The second kappa shape index (κ2) is 3.13. The Labute approximate surface area is 83.8 Å². The maximum absolute atomic E-state index is 10.9. The second-order valence-electron chi connectivity index (χ2n) is 2.71. The molecule has 68 valence electrons. The first kappa shape index (κ1) is 8.73. The first-order valence-electron chi connectivity index (χ1n) is 3.79. The number of benzene rings is 1. The van der Waals surface area contributed by atoms with Crippen molar-refractivity contribution >= 4 is 22.6 Å². The Morgan fingerprint density at radius 1 is 1.50 bits per heavy atom. The van der Waals surface area contributed by atoms with Gasteiger partial charge in [-0.15, -0.1) is 0 Å². The van der Waals surface area contributed by atoms with Crippen LogP contribution in [0.4, 0.5) is 0 Å². The highest BCUT2D eigenvalue weighted by Gasteiger charge is 2.03. The topological polar surface area (TPSA) is 69.5 Å². The predicted molar refractivity (Wildman–Crippen MR) is 52.1 cm³/mol.